The minimum atomic E-state index is -0.538. The van der Waals surface area contributed by atoms with Gasteiger partial charge in [0.2, 0.25) is 5.82 Å². The molecule has 1 atom stereocenters. The van der Waals surface area contributed by atoms with Gasteiger partial charge in [-0.3, -0.25) is 15.0 Å². The van der Waals surface area contributed by atoms with Crippen molar-refractivity contribution < 1.29 is 9.66 Å². The Kier molecular flexibility index (Phi) is 4.70. The summed E-state index contributed by atoms with van der Waals surface area (Å²) in [5.41, 5.74) is 5.39. The number of hydrogen-bond acceptors (Lipinski definition) is 7. The second-order valence-corrected chi connectivity index (χ2v) is 4.82. The number of nitro groups is 1. The van der Waals surface area contributed by atoms with E-state index in [0.29, 0.717) is 5.82 Å². The standard InChI is InChI=1S/C12H19N5O3/c1-9(8-16-4-6-20-7-5-16)14-11-3-2-10(17(18)19)12(13)15-11/h2-3,9H,4-8H2,1H3,(H3,13,14,15). The maximum atomic E-state index is 10.7. The van der Waals surface area contributed by atoms with Gasteiger partial charge in [-0.2, -0.15) is 0 Å². The average Bonchev–Trinajstić information content (AvgIpc) is 2.39. The summed E-state index contributed by atoms with van der Waals surface area (Å²) in [5, 5.41) is 13.9. The van der Waals surface area contributed by atoms with Crippen LogP contribution in [0, 0.1) is 10.1 Å². The number of nitrogen functional groups attached to an aromatic ring is 1. The lowest BCUT2D eigenvalue weighted by molar-refractivity contribution is -0.384. The van der Waals surface area contributed by atoms with Crippen LogP contribution in [0.2, 0.25) is 0 Å². The van der Waals surface area contributed by atoms with Gasteiger partial charge in [0.25, 0.3) is 0 Å². The number of anilines is 2. The first-order valence-corrected chi connectivity index (χ1v) is 6.54. The molecular weight excluding hydrogens is 262 g/mol. The molecule has 0 aliphatic carbocycles. The summed E-state index contributed by atoms with van der Waals surface area (Å²) in [7, 11) is 0. The number of ether oxygens (including phenoxy) is 1. The molecule has 0 radical (unpaired) electrons. The van der Waals surface area contributed by atoms with Gasteiger partial charge >= 0.3 is 5.69 Å². The predicted octanol–water partition coefficient (Wildman–Crippen LogP) is 0.705. The smallest absolute Gasteiger partial charge is 0.311 e. The molecule has 1 aliphatic heterocycles. The van der Waals surface area contributed by atoms with Gasteiger partial charge in [-0.25, -0.2) is 4.98 Å². The lowest BCUT2D eigenvalue weighted by Crippen LogP contribution is -2.42. The Morgan fingerprint density at radius 1 is 1.55 bits per heavy atom. The van der Waals surface area contributed by atoms with Crippen LogP contribution in [0.25, 0.3) is 0 Å². The van der Waals surface area contributed by atoms with Crippen LogP contribution in [-0.4, -0.2) is 53.7 Å². The summed E-state index contributed by atoms with van der Waals surface area (Å²) in [6.45, 7) is 6.26. The summed E-state index contributed by atoms with van der Waals surface area (Å²) in [6, 6.07) is 3.11. The summed E-state index contributed by atoms with van der Waals surface area (Å²) < 4.78 is 5.30. The fourth-order valence-corrected chi connectivity index (χ4v) is 2.17. The molecule has 1 aliphatic rings. The van der Waals surface area contributed by atoms with E-state index in [2.05, 4.69) is 15.2 Å². The van der Waals surface area contributed by atoms with Gasteiger partial charge in [0.1, 0.15) is 5.82 Å². The van der Waals surface area contributed by atoms with Crippen LogP contribution in [0.4, 0.5) is 17.3 Å². The van der Waals surface area contributed by atoms with E-state index in [0.717, 1.165) is 32.8 Å². The molecule has 8 nitrogen and oxygen atoms in total. The van der Waals surface area contributed by atoms with Crippen molar-refractivity contribution in [3.8, 4) is 0 Å². The second kappa shape index (κ2) is 6.49. The molecule has 1 saturated heterocycles. The highest BCUT2D eigenvalue weighted by molar-refractivity contribution is 5.57. The van der Waals surface area contributed by atoms with Crippen molar-refractivity contribution in [3.63, 3.8) is 0 Å². The Labute approximate surface area is 117 Å². The van der Waals surface area contributed by atoms with Crippen LogP contribution in [-0.2, 0) is 4.74 Å². The lowest BCUT2D eigenvalue weighted by atomic mass is 10.2. The number of aromatic nitrogens is 1. The predicted molar refractivity (Wildman–Crippen MR) is 75.6 cm³/mol. The van der Waals surface area contributed by atoms with Gasteiger partial charge in [-0.1, -0.05) is 0 Å². The third kappa shape index (κ3) is 3.78. The molecule has 20 heavy (non-hydrogen) atoms. The third-order valence-electron chi connectivity index (χ3n) is 3.13. The van der Waals surface area contributed by atoms with Gasteiger partial charge < -0.3 is 15.8 Å². The van der Waals surface area contributed by atoms with Gasteiger partial charge in [-0.15, -0.1) is 0 Å². The van der Waals surface area contributed by atoms with E-state index in [1.807, 2.05) is 6.92 Å². The number of morpholine rings is 1. The van der Waals surface area contributed by atoms with Crippen LogP contribution in [0.5, 0.6) is 0 Å². The number of nitrogens with two attached hydrogens (primary N) is 1. The fraction of sp³-hybridized carbons (Fsp3) is 0.583. The highest BCUT2D eigenvalue weighted by atomic mass is 16.6. The van der Waals surface area contributed by atoms with E-state index in [-0.39, 0.29) is 17.5 Å². The van der Waals surface area contributed by atoms with Crippen molar-refractivity contribution in [2.24, 2.45) is 0 Å². The molecule has 1 aromatic rings. The Morgan fingerprint density at radius 3 is 2.85 bits per heavy atom. The van der Waals surface area contributed by atoms with E-state index < -0.39 is 4.92 Å². The molecule has 1 fully saturated rings. The summed E-state index contributed by atoms with van der Waals surface area (Å²) in [4.78, 5) is 16.4. The number of pyridine rings is 1. The van der Waals surface area contributed by atoms with Crippen molar-refractivity contribution in [3.05, 3.63) is 22.2 Å². The Hall–Kier alpha value is -1.93. The molecule has 2 heterocycles. The molecule has 1 unspecified atom stereocenters. The zero-order valence-electron chi connectivity index (χ0n) is 11.4. The molecule has 2 rings (SSSR count). The number of rotatable bonds is 5. The molecule has 0 spiro atoms. The molecule has 0 aromatic carbocycles. The largest absolute Gasteiger partial charge is 0.379 e. The van der Waals surface area contributed by atoms with Crippen molar-refractivity contribution in [1.29, 1.82) is 0 Å². The zero-order valence-corrected chi connectivity index (χ0v) is 11.4. The van der Waals surface area contributed by atoms with E-state index in [9.17, 15) is 10.1 Å². The van der Waals surface area contributed by atoms with Crippen molar-refractivity contribution in [1.82, 2.24) is 9.88 Å². The Morgan fingerprint density at radius 2 is 2.25 bits per heavy atom. The Balaban J connectivity index is 1.92. The summed E-state index contributed by atoms with van der Waals surface area (Å²) in [6.07, 6.45) is 0. The van der Waals surface area contributed by atoms with Gasteiger partial charge in [0, 0.05) is 31.7 Å². The monoisotopic (exact) mass is 281 g/mol. The SMILES string of the molecule is CC(CN1CCOCC1)Nc1ccc([N+](=O)[O-])c(N)n1. The molecule has 1 aromatic heterocycles. The topological polar surface area (TPSA) is 107 Å². The number of nitrogens with one attached hydrogen (secondary N) is 1. The van der Waals surface area contributed by atoms with E-state index in [1.54, 1.807) is 6.07 Å². The first-order valence-electron chi connectivity index (χ1n) is 6.54. The van der Waals surface area contributed by atoms with Crippen LogP contribution >= 0.6 is 0 Å². The maximum absolute atomic E-state index is 10.7. The zero-order chi connectivity index (χ0) is 14.5. The molecule has 3 N–H and O–H groups in total. The molecule has 0 amide bonds. The molecule has 0 saturated carbocycles. The minimum absolute atomic E-state index is 0.0708. The van der Waals surface area contributed by atoms with Gasteiger partial charge in [0.05, 0.1) is 18.1 Å². The molecular formula is C12H19N5O3. The van der Waals surface area contributed by atoms with Crippen molar-refractivity contribution in [2.75, 3.05) is 43.9 Å². The summed E-state index contributed by atoms with van der Waals surface area (Å²) >= 11 is 0. The van der Waals surface area contributed by atoms with Crippen LogP contribution in [0.1, 0.15) is 6.92 Å². The fourth-order valence-electron chi connectivity index (χ4n) is 2.17. The minimum Gasteiger partial charge on any atom is -0.379 e. The van der Waals surface area contributed by atoms with E-state index in [4.69, 9.17) is 10.5 Å². The molecule has 0 bridgehead atoms. The second-order valence-electron chi connectivity index (χ2n) is 4.82. The van der Waals surface area contributed by atoms with Crippen molar-refractivity contribution >= 4 is 17.3 Å². The quantitative estimate of drug-likeness (QED) is 0.604. The van der Waals surface area contributed by atoms with Gasteiger partial charge in [0.15, 0.2) is 0 Å². The Bertz CT molecular complexity index is 476. The average molecular weight is 281 g/mol. The maximum Gasteiger partial charge on any atom is 0.311 e. The first-order chi connectivity index (χ1) is 9.56. The highest BCUT2D eigenvalue weighted by Crippen LogP contribution is 2.21. The number of nitrogens with zero attached hydrogens (tertiary/aromatic N) is 3. The van der Waals surface area contributed by atoms with Crippen LogP contribution in [0.3, 0.4) is 0 Å². The molecule has 110 valence electrons. The summed E-state index contributed by atoms with van der Waals surface area (Å²) in [5.74, 6) is 0.479. The van der Waals surface area contributed by atoms with Crippen LogP contribution in [0.15, 0.2) is 12.1 Å². The number of hydrogen-bond donors (Lipinski definition) is 2. The third-order valence-corrected chi connectivity index (χ3v) is 3.13. The van der Waals surface area contributed by atoms with E-state index >= 15 is 0 Å². The lowest BCUT2D eigenvalue weighted by Gasteiger charge is -2.29. The van der Waals surface area contributed by atoms with E-state index in [1.165, 1.54) is 6.07 Å². The normalized spacial score (nSPS) is 17.6. The molecule has 8 heteroatoms. The van der Waals surface area contributed by atoms with Crippen LogP contribution < -0.4 is 11.1 Å². The van der Waals surface area contributed by atoms with Crippen molar-refractivity contribution in [2.45, 2.75) is 13.0 Å². The van der Waals surface area contributed by atoms with Gasteiger partial charge in [-0.05, 0) is 13.0 Å². The first kappa shape index (κ1) is 14.5. The highest BCUT2D eigenvalue weighted by Gasteiger charge is 2.16.